The third-order valence-electron chi connectivity index (χ3n) is 11.6. The van der Waals surface area contributed by atoms with Gasteiger partial charge < -0.3 is 0 Å². The molecule has 0 spiro atoms. The molecule has 0 bridgehead atoms. The van der Waals surface area contributed by atoms with E-state index in [0.29, 0.717) is 23.3 Å². The van der Waals surface area contributed by atoms with Crippen LogP contribution in [0.3, 0.4) is 0 Å². The van der Waals surface area contributed by atoms with E-state index >= 15 is 0 Å². The van der Waals surface area contributed by atoms with Gasteiger partial charge >= 0.3 is 0 Å². The first-order valence-electron chi connectivity index (χ1n) is 21.4. The third kappa shape index (κ3) is 7.74. The van der Waals surface area contributed by atoms with Crippen molar-refractivity contribution in [1.82, 2.24) is 24.9 Å². The molecule has 0 unspecified atom stereocenters. The van der Waals surface area contributed by atoms with E-state index in [0.717, 1.165) is 72.6 Å². The van der Waals surface area contributed by atoms with Gasteiger partial charge in [0.2, 0.25) is 0 Å². The molecule has 5 heteroatoms. The fraction of sp³-hybridized carbons (Fsp3) is 0. The summed E-state index contributed by atoms with van der Waals surface area (Å²) in [6, 6.07) is 81.9. The van der Waals surface area contributed by atoms with Crippen molar-refractivity contribution in [3.8, 4) is 101 Å². The Kier molecular flexibility index (Phi) is 10.2. The Morgan fingerprint density at radius 1 is 0.219 bits per heavy atom. The van der Waals surface area contributed by atoms with Crippen LogP contribution in [0.15, 0.2) is 237 Å². The number of aromatic nitrogens is 5. The molecule has 11 rings (SSSR count). The topological polar surface area (TPSA) is 64.5 Å². The number of hydrogen-bond donors (Lipinski definition) is 0. The van der Waals surface area contributed by atoms with Crippen LogP contribution in [0.5, 0.6) is 0 Å². The number of fused-ring (bicyclic) bond motifs is 1. The molecule has 0 amide bonds. The molecule has 300 valence electrons. The zero-order valence-electron chi connectivity index (χ0n) is 34.8. The second-order valence-corrected chi connectivity index (χ2v) is 15.7. The zero-order chi connectivity index (χ0) is 42.7. The normalized spacial score (nSPS) is 11.1. The predicted molar refractivity (Wildman–Crippen MR) is 262 cm³/mol. The van der Waals surface area contributed by atoms with Crippen molar-refractivity contribution >= 4 is 10.8 Å². The van der Waals surface area contributed by atoms with E-state index in [1.165, 1.54) is 16.3 Å². The number of nitrogens with zero attached hydrogens (tertiary/aromatic N) is 5. The standard InChI is InChI=1S/C59H39N5/c1-5-16-44(17-6-1)53-39-54(45-18-7-2-8-19-45)61-56(60-53)49-33-27-41(28-34-49)40-25-31-46(32-26-40)55-51-24-14-13-15-42(51)37-38-52(55)43-29-35-50(36-30-43)59-63-57(47-20-9-3-10-21-47)62-58(64-59)48-22-11-4-12-23-48/h1-39H. The molecule has 2 aromatic heterocycles. The van der Waals surface area contributed by atoms with E-state index in [4.69, 9.17) is 24.9 Å². The first kappa shape index (κ1) is 38.3. The summed E-state index contributed by atoms with van der Waals surface area (Å²) in [6.07, 6.45) is 0. The lowest BCUT2D eigenvalue weighted by Crippen LogP contribution is -2.00. The van der Waals surface area contributed by atoms with Gasteiger partial charge in [-0.05, 0) is 50.2 Å². The maximum absolute atomic E-state index is 5.04. The van der Waals surface area contributed by atoms with Crippen LogP contribution in [0.2, 0.25) is 0 Å². The number of rotatable bonds is 9. The van der Waals surface area contributed by atoms with Gasteiger partial charge in [-0.15, -0.1) is 0 Å². The van der Waals surface area contributed by atoms with Gasteiger partial charge in [0.1, 0.15) is 0 Å². The summed E-state index contributed by atoms with van der Waals surface area (Å²) in [5, 5.41) is 2.39. The van der Waals surface area contributed by atoms with Gasteiger partial charge in [0, 0.05) is 33.4 Å². The predicted octanol–water partition coefficient (Wildman–Crippen LogP) is 14.8. The highest BCUT2D eigenvalue weighted by atomic mass is 15.0. The Hall–Kier alpha value is -8.67. The molecule has 0 fully saturated rings. The van der Waals surface area contributed by atoms with Crippen LogP contribution in [0.1, 0.15) is 0 Å². The van der Waals surface area contributed by atoms with E-state index in [-0.39, 0.29) is 0 Å². The minimum atomic E-state index is 0.631. The Balaban J connectivity index is 0.918. The van der Waals surface area contributed by atoms with Crippen LogP contribution < -0.4 is 0 Å². The Morgan fingerprint density at radius 2 is 0.562 bits per heavy atom. The summed E-state index contributed by atoms with van der Waals surface area (Å²) >= 11 is 0. The highest BCUT2D eigenvalue weighted by Gasteiger charge is 2.16. The maximum atomic E-state index is 5.04. The van der Waals surface area contributed by atoms with Gasteiger partial charge in [0.05, 0.1) is 11.4 Å². The third-order valence-corrected chi connectivity index (χ3v) is 11.6. The van der Waals surface area contributed by atoms with Gasteiger partial charge in [0.25, 0.3) is 0 Å². The summed E-state index contributed by atoms with van der Waals surface area (Å²) < 4.78 is 0. The fourth-order valence-electron chi connectivity index (χ4n) is 8.29. The molecule has 9 aromatic carbocycles. The Labute approximate surface area is 372 Å². The molecule has 0 atom stereocenters. The Bertz CT molecular complexity index is 3260. The lowest BCUT2D eigenvalue weighted by Gasteiger charge is -2.15. The maximum Gasteiger partial charge on any atom is 0.164 e. The molecule has 0 aliphatic rings. The van der Waals surface area contributed by atoms with Gasteiger partial charge in [-0.2, -0.15) is 0 Å². The van der Waals surface area contributed by atoms with Gasteiger partial charge in [-0.25, -0.2) is 24.9 Å². The minimum Gasteiger partial charge on any atom is -0.228 e. The van der Waals surface area contributed by atoms with Crippen molar-refractivity contribution in [1.29, 1.82) is 0 Å². The monoisotopic (exact) mass is 817 g/mol. The summed E-state index contributed by atoms with van der Waals surface area (Å²) in [4.78, 5) is 24.9. The van der Waals surface area contributed by atoms with Crippen LogP contribution in [-0.2, 0) is 0 Å². The molecule has 5 nitrogen and oxygen atoms in total. The smallest absolute Gasteiger partial charge is 0.164 e. The fourth-order valence-corrected chi connectivity index (χ4v) is 8.29. The SMILES string of the molecule is c1ccc(-c2cc(-c3ccccc3)nc(-c3ccc(-c4ccc(-c5c(-c6ccc(-c7nc(-c8ccccc8)nc(-c8ccccc8)n7)cc6)ccc6ccccc56)cc4)cc3)n2)cc1. The van der Waals surface area contributed by atoms with Gasteiger partial charge in [-0.3, -0.25) is 0 Å². The minimum absolute atomic E-state index is 0.631. The number of hydrogen-bond acceptors (Lipinski definition) is 5. The summed E-state index contributed by atoms with van der Waals surface area (Å²) in [7, 11) is 0. The van der Waals surface area contributed by atoms with E-state index in [1.807, 2.05) is 97.1 Å². The molecular weight excluding hydrogens is 779 g/mol. The van der Waals surface area contributed by atoms with Crippen LogP contribution in [0.25, 0.3) is 112 Å². The van der Waals surface area contributed by atoms with Crippen molar-refractivity contribution in [2.75, 3.05) is 0 Å². The van der Waals surface area contributed by atoms with Crippen molar-refractivity contribution in [2.24, 2.45) is 0 Å². The molecule has 0 radical (unpaired) electrons. The quantitative estimate of drug-likeness (QED) is 0.145. The van der Waals surface area contributed by atoms with Crippen LogP contribution in [0, 0.1) is 0 Å². The van der Waals surface area contributed by atoms with Crippen LogP contribution >= 0.6 is 0 Å². The molecule has 0 saturated heterocycles. The second kappa shape index (κ2) is 17.0. The lowest BCUT2D eigenvalue weighted by molar-refractivity contribution is 1.07. The molecule has 0 aliphatic carbocycles. The van der Waals surface area contributed by atoms with Crippen molar-refractivity contribution in [3.63, 3.8) is 0 Å². The molecule has 64 heavy (non-hydrogen) atoms. The highest BCUT2D eigenvalue weighted by Crippen LogP contribution is 2.40. The van der Waals surface area contributed by atoms with Crippen LogP contribution in [-0.4, -0.2) is 24.9 Å². The summed E-state index contributed by atoms with van der Waals surface area (Å²) in [6.45, 7) is 0. The second-order valence-electron chi connectivity index (χ2n) is 15.7. The zero-order valence-corrected chi connectivity index (χ0v) is 34.8. The largest absolute Gasteiger partial charge is 0.228 e. The molecule has 2 heterocycles. The lowest BCUT2D eigenvalue weighted by atomic mass is 9.89. The average molecular weight is 818 g/mol. The average Bonchev–Trinajstić information content (AvgIpc) is 3.39. The van der Waals surface area contributed by atoms with E-state index in [2.05, 4.69) is 140 Å². The van der Waals surface area contributed by atoms with E-state index in [9.17, 15) is 0 Å². The van der Waals surface area contributed by atoms with E-state index < -0.39 is 0 Å². The van der Waals surface area contributed by atoms with Crippen molar-refractivity contribution in [2.45, 2.75) is 0 Å². The molecule has 11 aromatic rings. The molecule has 0 N–H and O–H groups in total. The van der Waals surface area contributed by atoms with Gasteiger partial charge in [-0.1, -0.05) is 231 Å². The Morgan fingerprint density at radius 3 is 1.03 bits per heavy atom. The molecule has 0 aliphatic heterocycles. The van der Waals surface area contributed by atoms with Crippen molar-refractivity contribution < 1.29 is 0 Å². The summed E-state index contributed by atoms with van der Waals surface area (Å²) in [5.41, 5.74) is 14.5. The highest BCUT2D eigenvalue weighted by molar-refractivity contribution is 6.04. The first-order valence-corrected chi connectivity index (χ1v) is 21.4. The molecule has 0 saturated carbocycles. The summed E-state index contributed by atoms with van der Waals surface area (Å²) in [5.74, 6) is 2.61. The van der Waals surface area contributed by atoms with Crippen molar-refractivity contribution in [3.05, 3.63) is 237 Å². The molecular formula is C59H39N5. The van der Waals surface area contributed by atoms with E-state index in [1.54, 1.807) is 0 Å². The van der Waals surface area contributed by atoms with Gasteiger partial charge in [0.15, 0.2) is 23.3 Å². The van der Waals surface area contributed by atoms with Crippen LogP contribution in [0.4, 0.5) is 0 Å². The first-order chi connectivity index (χ1) is 31.7. The number of benzene rings is 9.